The van der Waals surface area contributed by atoms with E-state index in [1.165, 1.54) is 12.1 Å². The molecule has 1 unspecified atom stereocenters. The number of Topliss-reactive ketones (excluding diaryl/α,β-unsaturated/α-hetero) is 1. The van der Waals surface area contributed by atoms with Gasteiger partial charge in [-0.2, -0.15) is 0 Å². The SMILES string of the molecule is CSc1ccc(OC2=CCN(CCC(C(=O)c3ccc(F)cc3)/C(=C\C(=O)O)C(=O)O)CC2)cc1. The minimum Gasteiger partial charge on any atom is -0.478 e. The summed E-state index contributed by atoms with van der Waals surface area (Å²) >= 11 is 1.65. The first-order valence-electron chi connectivity index (χ1n) is 11.0. The maximum atomic E-state index is 13.3. The maximum absolute atomic E-state index is 13.3. The van der Waals surface area contributed by atoms with Gasteiger partial charge in [0.2, 0.25) is 0 Å². The summed E-state index contributed by atoms with van der Waals surface area (Å²) in [5.41, 5.74) is -0.382. The van der Waals surface area contributed by atoms with Crippen LogP contribution >= 0.6 is 11.8 Å². The van der Waals surface area contributed by atoms with Crippen molar-refractivity contribution in [1.82, 2.24) is 4.90 Å². The number of halogens is 1. The van der Waals surface area contributed by atoms with Gasteiger partial charge in [-0.05, 0) is 73.8 Å². The van der Waals surface area contributed by atoms with Gasteiger partial charge in [-0.25, -0.2) is 14.0 Å². The first-order valence-corrected chi connectivity index (χ1v) is 12.2. The molecule has 1 heterocycles. The molecule has 1 atom stereocenters. The number of hydrogen-bond donors (Lipinski definition) is 2. The zero-order chi connectivity index (χ0) is 25.4. The number of carbonyl (C=O) groups excluding carboxylic acids is 1. The normalized spacial score (nSPS) is 15.3. The standard InChI is InChI=1S/C26H26FNO6S/c1-35-21-8-6-19(7-9-21)34-20-10-13-28(14-11-20)15-12-22(23(26(32)33)16-24(29)30)25(31)17-2-4-18(27)5-3-17/h2-10,16,22H,11-15H2,1H3,(H,29,30)(H,32,33)/b23-16+. The van der Waals surface area contributed by atoms with Gasteiger partial charge in [-0.15, -0.1) is 11.8 Å². The zero-order valence-electron chi connectivity index (χ0n) is 19.1. The van der Waals surface area contributed by atoms with Crippen LogP contribution in [0.3, 0.4) is 0 Å². The predicted octanol–water partition coefficient (Wildman–Crippen LogP) is 4.50. The van der Waals surface area contributed by atoms with E-state index >= 15 is 0 Å². The number of benzene rings is 2. The maximum Gasteiger partial charge on any atom is 0.332 e. The molecule has 2 N–H and O–H groups in total. The summed E-state index contributed by atoms with van der Waals surface area (Å²) in [6.45, 7) is 1.55. The highest BCUT2D eigenvalue weighted by Gasteiger charge is 2.30. The van der Waals surface area contributed by atoms with E-state index in [-0.39, 0.29) is 12.0 Å². The number of ether oxygens (including phenoxy) is 1. The monoisotopic (exact) mass is 499 g/mol. The second-order valence-electron chi connectivity index (χ2n) is 7.95. The molecule has 2 aromatic carbocycles. The molecule has 9 heteroatoms. The Morgan fingerprint density at radius 3 is 2.34 bits per heavy atom. The largest absolute Gasteiger partial charge is 0.478 e. The summed E-state index contributed by atoms with van der Waals surface area (Å²) in [5, 5.41) is 18.7. The van der Waals surface area contributed by atoms with Crippen molar-refractivity contribution in [1.29, 1.82) is 0 Å². The van der Waals surface area contributed by atoms with Crippen LogP contribution in [-0.4, -0.2) is 58.7 Å². The number of rotatable bonds is 11. The van der Waals surface area contributed by atoms with Crippen molar-refractivity contribution in [3.63, 3.8) is 0 Å². The number of ketones is 1. The summed E-state index contributed by atoms with van der Waals surface area (Å²) in [7, 11) is 0. The molecule has 0 amide bonds. The fourth-order valence-electron chi connectivity index (χ4n) is 3.78. The van der Waals surface area contributed by atoms with Gasteiger partial charge in [-0.1, -0.05) is 0 Å². The van der Waals surface area contributed by atoms with E-state index < -0.39 is 35.0 Å². The molecule has 2 aromatic rings. The zero-order valence-corrected chi connectivity index (χ0v) is 20.0. The number of carboxylic acids is 2. The van der Waals surface area contributed by atoms with Crippen molar-refractivity contribution in [2.75, 3.05) is 25.9 Å². The molecule has 7 nitrogen and oxygen atoms in total. The molecule has 0 fully saturated rings. The molecule has 0 aliphatic carbocycles. The second-order valence-corrected chi connectivity index (χ2v) is 8.83. The Balaban J connectivity index is 1.68. The molecular formula is C26H26FNO6S. The minimum atomic E-state index is -1.48. The lowest BCUT2D eigenvalue weighted by Crippen LogP contribution is -2.34. The van der Waals surface area contributed by atoms with E-state index in [1.54, 1.807) is 11.8 Å². The molecule has 1 aliphatic rings. The van der Waals surface area contributed by atoms with Gasteiger partial charge < -0.3 is 14.9 Å². The van der Waals surface area contributed by atoms with Gasteiger partial charge in [0.25, 0.3) is 0 Å². The van der Waals surface area contributed by atoms with E-state index in [9.17, 15) is 23.9 Å². The lowest BCUT2D eigenvalue weighted by molar-refractivity contribution is -0.135. The Labute approximate surface area is 206 Å². The van der Waals surface area contributed by atoms with Crippen LogP contribution in [0.4, 0.5) is 4.39 Å². The second kappa shape index (κ2) is 12.3. The molecule has 184 valence electrons. The smallest absolute Gasteiger partial charge is 0.332 e. The van der Waals surface area contributed by atoms with Crippen molar-refractivity contribution in [2.45, 2.75) is 17.7 Å². The quantitative estimate of drug-likeness (QED) is 0.265. The highest BCUT2D eigenvalue weighted by Crippen LogP contribution is 2.25. The predicted molar refractivity (Wildman–Crippen MR) is 130 cm³/mol. The van der Waals surface area contributed by atoms with Crippen molar-refractivity contribution in [2.24, 2.45) is 5.92 Å². The van der Waals surface area contributed by atoms with Crippen molar-refractivity contribution in [3.05, 3.63) is 83.4 Å². The number of thioether (sulfide) groups is 1. The van der Waals surface area contributed by atoms with Crippen LogP contribution in [0.15, 0.2) is 76.9 Å². The van der Waals surface area contributed by atoms with Crippen LogP contribution in [0, 0.1) is 11.7 Å². The molecule has 0 spiro atoms. The lowest BCUT2D eigenvalue weighted by Gasteiger charge is -2.28. The van der Waals surface area contributed by atoms with Crippen LogP contribution in [0.25, 0.3) is 0 Å². The number of carbonyl (C=O) groups is 3. The summed E-state index contributed by atoms with van der Waals surface area (Å²) in [5.74, 6) is -3.64. The number of aliphatic carboxylic acids is 2. The number of hydrogen-bond acceptors (Lipinski definition) is 6. The van der Waals surface area contributed by atoms with Crippen LogP contribution < -0.4 is 4.74 Å². The number of carboxylic acid groups (broad SMARTS) is 2. The third-order valence-corrected chi connectivity index (χ3v) is 6.38. The highest BCUT2D eigenvalue weighted by molar-refractivity contribution is 7.98. The molecule has 1 aliphatic heterocycles. The fraction of sp³-hybridized carbons (Fsp3) is 0.269. The van der Waals surface area contributed by atoms with Gasteiger partial charge in [0.1, 0.15) is 17.3 Å². The molecule has 0 saturated carbocycles. The minimum absolute atomic E-state index is 0.0990. The van der Waals surface area contributed by atoms with Gasteiger partial charge in [0.15, 0.2) is 5.78 Å². The summed E-state index contributed by atoms with van der Waals surface area (Å²) in [6, 6.07) is 12.5. The average molecular weight is 500 g/mol. The summed E-state index contributed by atoms with van der Waals surface area (Å²) in [4.78, 5) is 39.3. The molecule has 0 radical (unpaired) electrons. The highest BCUT2D eigenvalue weighted by atomic mass is 32.2. The fourth-order valence-corrected chi connectivity index (χ4v) is 4.19. The van der Waals surface area contributed by atoms with E-state index in [1.807, 2.05) is 41.5 Å². The molecular weight excluding hydrogens is 473 g/mol. The summed E-state index contributed by atoms with van der Waals surface area (Å²) < 4.78 is 19.2. The third kappa shape index (κ3) is 7.53. The van der Waals surface area contributed by atoms with Crippen LogP contribution in [-0.2, 0) is 9.59 Å². The van der Waals surface area contributed by atoms with Crippen LogP contribution in [0.1, 0.15) is 23.2 Å². The van der Waals surface area contributed by atoms with Gasteiger partial charge in [-0.3, -0.25) is 9.69 Å². The Morgan fingerprint density at radius 1 is 1.11 bits per heavy atom. The molecule has 35 heavy (non-hydrogen) atoms. The third-order valence-electron chi connectivity index (χ3n) is 5.64. The Hall–Kier alpha value is -3.43. The van der Waals surface area contributed by atoms with Crippen molar-refractivity contribution >= 4 is 29.5 Å². The van der Waals surface area contributed by atoms with Gasteiger partial charge >= 0.3 is 11.9 Å². The summed E-state index contributed by atoms with van der Waals surface area (Å²) in [6.07, 6.45) is 5.23. The van der Waals surface area contributed by atoms with E-state index in [4.69, 9.17) is 9.84 Å². The van der Waals surface area contributed by atoms with Gasteiger partial charge in [0.05, 0.1) is 11.5 Å². The molecule has 3 rings (SSSR count). The average Bonchev–Trinajstić information content (AvgIpc) is 2.85. The Bertz CT molecular complexity index is 1130. The van der Waals surface area contributed by atoms with Gasteiger partial charge in [0, 0.05) is 36.0 Å². The van der Waals surface area contributed by atoms with E-state index in [0.29, 0.717) is 32.1 Å². The topological polar surface area (TPSA) is 104 Å². The van der Waals surface area contributed by atoms with E-state index in [0.717, 1.165) is 28.5 Å². The van der Waals surface area contributed by atoms with Crippen molar-refractivity contribution < 1.29 is 33.7 Å². The van der Waals surface area contributed by atoms with Crippen molar-refractivity contribution in [3.8, 4) is 5.75 Å². The number of nitrogens with zero attached hydrogens (tertiary/aromatic N) is 1. The molecule has 0 aromatic heterocycles. The Morgan fingerprint density at radius 2 is 1.80 bits per heavy atom. The Kier molecular flexibility index (Phi) is 9.22. The first-order chi connectivity index (χ1) is 16.8. The molecule has 0 bridgehead atoms. The first kappa shape index (κ1) is 26.2. The van der Waals surface area contributed by atoms with Crippen LogP contribution in [0.2, 0.25) is 0 Å². The van der Waals surface area contributed by atoms with Crippen LogP contribution in [0.5, 0.6) is 5.75 Å². The van der Waals surface area contributed by atoms with E-state index in [2.05, 4.69) is 0 Å². The lowest BCUT2D eigenvalue weighted by atomic mass is 9.87. The molecule has 0 saturated heterocycles.